The summed E-state index contributed by atoms with van der Waals surface area (Å²) in [5, 5.41) is 9.04. The minimum Gasteiger partial charge on any atom is -0.473 e. The van der Waals surface area contributed by atoms with Crippen molar-refractivity contribution in [3.05, 3.63) is 29.6 Å². The summed E-state index contributed by atoms with van der Waals surface area (Å²) in [5.41, 5.74) is 2.69. The van der Waals surface area contributed by atoms with Crippen LogP contribution in [0.3, 0.4) is 0 Å². The van der Waals surface area contributed by atoms with Crippen molar-refractivity contribution in [2.45, 2.75) is 82.3 Å². The van der Waals surface area contributed by atoms with E-state index < -0.39 is 5.41 Å². The third-order valence-corrected chi connectivity index (χ3v) is 8.37. The maximum atomic E-state index is 13.1. The van der Waals surface area contributed by atoms with Gasteiger partial charge in [-0.1, -0.05) is 11.6 Å². The number of ketones is 1. The van der Waals surface area contributed by atoms with Gasteiger partial charge in [-0.15, -0.1) is 0 Å². The molecule has 0 N–H and O–H groups in total. The van der Waals surface area contributed by atoms with E-state index in [1.54, 1.807) is 4.68 Å². The van der Waals surface area contributed by atoms with Gasteiger partial charge in [0, 0.05) is 37.3 Å². The highest BCUT2D eigenvalue weighted by atomic mass is 16.5. The molecule has 190 valence electrons. The van der Waals surface area contributed by atoms with Crippen LogP contribution in [0.2, 0.25) is 0 Å². The van der Waals surface area contributed by atoms with Crippen LogP contribution in [0.1, 0.15) is 69.5 Å². The lowest BCUT2D eigenvalue weighted by Gasteiger charge is -2.37. The van der Waals surface area contributed by atoms with Crippen molar-refractivity contribution < 1.29 is 14.1 Å². The molecule has 1 saturated heterocycles. The predicted molar refractivity (Wildman–Crippen MR) is 134 cm³/mol. The molecule has 9 heteroatoms. The molecule has 0 aromatic carbocycles. The van der Waals surface area contributed by atoms with Crippen molar-refractivity contribution in [1.29, 1.82) is 0 Å². The van der Waals surface area contributed by atoms with Crippen LogP contribution in [0.25, 0.3) is 23.0 Å². The van der Waals surface area contributed by atoms with Crippen LogP contribution in [0.15, 0.2) is 22.9 Å². The summed E-state index contributed by atoms with van der Waals surface area (Å²) >= 11 is 0. The Balaban J connectivity index is 1.41. The molecule has 3 aromatic heterocycles. The van der Waals surface area contributed by atoms with Gasteiger partial charge in [-0.2, -0.15) is 10.1 Å². The van der Waals surface area contributed by atoms with Crippen LogP contribution in [-0.2, 0) is 23.7 Å². The molecule has 3 aliphatic rings. The second-order valence-corrected chi connectivity index (χ2v) is 10.7. The van der Waals surface area contributed by atoms with Crippen LogP contribution < -0.4 is 4.74 Å². The number of ether oxygens (including phenoxy) is 1. The van der Waals surface area contributed by atoms with Gasteiger partial charge in [-0.25, -0.2) is 4.98 Å². The van der Waals surface area contributed by atoms with Crippen LogP contribution >= 0.6 is 0 Å². The molecule has 36 heavy (non-hydrogen) atoms. The summed E-state index contributed by atoms with van der Waals surface area (Å²) in [7, 11) is 4.03. The second-order valence-electron chi connectivity index (χ2n) is 10.7. The van der Waals surface area contributed by atoms with Crippen LogP contribution in [0.5, 0.6) is 5.88 Å². The number of likely N-dealkylation sites (N-methyl/N-ethyl adjacent to an activating group) is 1. The first-order valence-corrected chi connectivity index (χ1v) is 13.2. The van der Waals surface area contributed by atoms with E-state index in [0.717, 1.165) is 68.4 Å². The number of carbonyl (C=O) groups excluding carboxylic acids is 1. The molecule has 3 aromatic rings. The minimum atomic E-state index is -0.507. The van der Waals surface area contributed by atoms with Crippen LogP contribution in [0.4, 0.5) is 0 Å². The first kappa shape index (κ1) is 23.3. The maximum absolute atomic E-state index is 13.1. The normalized spacial score (nSPS) is 25.3. The average Bonchev–Trinajstić information content (AvgIpc) is 3.61. The van der Waals surface area contributed by atoms with Gasteiger partial charge in [-0.3, -0.25) is 14.4 Å². The highest BCUT2D eigenvalue weighted by molar-refractivity contribution is 5.91. The molecule has 1 saturated carbocycles. The Kier molecular flexibility index (Phi) is 5.90. The highest BCUT2D eigenvalue weighted by Gasteiger charge is 2.48. The molecule has 0 bridgehead atoms. The topological polar surface area (TPSA) is 99.2 Å². The summed E-state index contributed by atoms with van der Waals surface area (Å²) in [6.45, 7) is 3.18. The van der Waals surface area contributed by atoms with Gasteiger partial charge in [0.05, 0.1) is 11.1 Å². The van der Waals surface area contributed by atoms with Gasteiger partial charge in [-0.05, 0) is 71.5 Å². The standard InChI is InChI=1S/C27H34N6O3/c1-17(21-9-7-14-32(21)2)35-23-16-20(19-11-15-33(3)30-19)28-26(29-23)24-18-8-6-13-27(25(18)31-36-24)12-5-4-10-22(27)34/h11,15-17,21H,4-10,12-14H2,1-3H3/t17-,21-,27+/m0/s1. The third kappa shape index (κ3) is 3.93. The zero-order valence-electron chi connectivity index (χ0n) is 21.4. The Labute approximate surface area is 211 Å². The number of Topliss-reactive ketones (excluding diaryl/α,β-unsaturated/α-hetero) is 1. The number of hydrogen-bond acceptors (Lipinski definition) is 8. The van der Waals surface area contributed by atoms with Crippen LogP contribution in [-0.4, -0.2) is 61.3 Å². The molecule has 2 aliphatic carbocycles. The van der Waals surface area contributed by atoms with Crippen molar-refractivity contribution in [1.82, 2.24) is 29.8 Å². The molecule has 1 aliphatic heterocycles. The van der Waals surface area contributed by atoms with Crippen molar-refractivity contribution in [3.63, 3.8) is 0 Å². The van der Waals surface area contributed by atoms with Gasteiger partial charge in [0.1, 0.15) is 23.3 Å². The Morgan fingerprint density at radius 2 is 1.97 bits per heavy atom. The fourth-order valence-corrected chi connectivity index (χ4v) is 6.45. The van der Waals surface area contributed by atoms with E-state index in [4.69, 9.17) is 19.2 Å². The summed E-state index contributed by atoms with van der Waals surface area (Å²) in [5.74, 6) is 1.79. The zero-order valence-corrected chi connectivity index (χ0v) is 21.4. The Morgan fingerprint density at radius 1 is 1.11 bits per heavy atom. The van der Waals surface area contributed by atoms with Gasteiger partial charge in [0.15, 0.2) is 0 Å². The van der Waals surface area contributed by atoms with E-state index in [-0.39, 0.29) is 6.10 Å². The van der Waals surface area contributed by atoms with E-state index in [9.17, 15) is 4.79 Å². The fourth-order valence-electron chi connectivity index (χ4n) is 6.45. The number of rotatable bonds is 5. The highest BCUT2D eigenvalue weighted by Crippen LogP contribution is 2.47. The first-order chi connectivity index (χ1) is 17.4. The van der Waals surface area contributed by atoms with Crippen LogP contribution in [0, 0.1) is 0 Å². The average molecular weight is 491 g/mol. The van der Waals surface area contributed by atoms with E-state index in [1.807, 2.05) is 25.4 Å². The molecule has 4 heterocycles. The maximum Gasteiger partial charge on any atom is 0.217 e. The molecule has 2 fully saturated rings. The number of nitrogens with zero attached hydrogens (tertiary/aromatic N) is 6. The van der Waals surface area contributed by atoms with Gasteiger partial charge < -0.3 is 9.26 Å². The molecule has 9 nitrogen and oxygen atoms in total. The van der Waals surface area contributed by atoms with E-state index >= 15 is 0 Å². The predicted octanol–water partition coefficient (Wildman–Crippen LogP) is 4.11. The van der Waals surface area contributed by atoms with Crippen molar-refractivity contribution in [2.75, 3.05) is 13.6 Å². The SMILES string of the molecule is C[C@H](Oc1cc(-c2ccn(C)n2)nc(-c2onc3c2CCC[C@@]32CCCCC2=O)n1)[C@@H]1CCCN1C. The monoisotopic (exact) mass is 490 g/mol. The van der Waals surface area contributed by atoms with Gasteiger partial charge >= 0.3 is 0 Å². The smallest absolute Gasteiger partial charge is 0.217 e. The summed E-state index contributed by atoms with van der Waals surface area (Å²) in [4.78, 5) is 25.1. The first-order valence-electron chi connectivity index (χ1n) is 13.2. The molecule has 1 spiro atoms. The molecule has 0 radical (unpaired) electrons. The van der Waals surface area contributed by atoms with Crippen molar-refractivity contribution in [2.24, 2.45) is 7.05 Å². The third-order valence-electron chi connectivity index (χ3n) is 8.37. The lowest BCUT2D eigenvalue weighted by Crippen LogP contribution is -2.41. The number of fused-ring (bicyclic) bond motifs is 2. The molecular formula is C27H34N6O3. The lowest BCUT2D eigenvalue weighted by molar-refractivity contribution is -0.127. The Bertz CT molecular complexity index is 1280. The quantitative estimate of drug-likeness (QED) is 0.527. The number of likely N-dealkylation sites (tertiary alicyclic amines) is 1. The zero-order chi connectivity index (χ0) is 24.9. The molecular weight excluding hydrogens is 456 g/mol. The largest absolute Gasteiger partial charge is 0.473 e. The van der Waals surface area contributed by atoms with E-state index in [0.29, 0.717) is 41.4 Å². The number of carbonyl (C=O) groups is 1. The van der Waals surface area contributed by atoms with Crippen molar-refractivity contribution in [3.8, 4) is 28.9 Å². The Morgan fingerprint density at radius 3 is 2.72 bits per heavy atom. The summed E-state index contributed by atoms with van der Waals surface area (Å²) < 4.78 is 14.1. The second kappa shape index (κ2) is 9.10. The minimum absolute atomic E-state index is 0.0244. The number of aryl methyl sites for hydroxylation is 1. The van der Waals surface area contributed by atoms with Gasteiger partial charge in [0.25, 0.3) is 0 Å². The molecule has 0 unspecified atom stereocenters. The molecule has 6 rings (SSSR count). The van der Waals surface area contributed by atoms with E-state index in [2.05, 4.69) is 29.1 Å². The number of aromatic nitrogens is 5. The van der Waals surface area contributed by atoms with E-state index in [1.165, 1.54) is 6.42 Å². The van der Waals surface area contributed by atoms with Gasteiger partial charge in [0.2, 0.25) is 17.5 Å². The summed E-state index contributed by atoms with van der Waals surface area (Å²) in [6, 6.07) is 4.12. The summed E-state index contributed by atoms with van der Waals surface area (Å²) in [6.07, 6.45) is 10.2. The fraction of sp³-hybridized carbons (Fsp3) is 0.593. The Hall–Kier alpha value is -3.07. The lowest BCUT2D eigenvalue weighted by atomic mass is 9.64. The number of hydrogen-bond donors (Lipinski definition) is 0. The van der Waals surface area contributed by atoms with Crippen molar-refractivity contribution >= 4 is 5.78 Å². The molecule has 0 amide bonds. The molecule has 3 atom stereocenters.